The average molecular weight is 155 g/mol. The van der Waals surface area contributed by atoms with Crippen LogP contribution in [-0.2, 0) is 9.59 Å². The van der Waals surface area contributed by atoms with E-state index in [0.29, 0.717) is 12.8 Å². The first-order valence-electron chi connectivity index (χ1n) is 3.90. The van der Waals surface area contributed by atoms with E-state index in [1.165, 1.54) is 0 Å². The third-order valence-corrected chi connectivity index (χ3v) is 2.04. The minimum atomic E-state index is -1.04. The van der Waals surface area contributed by atoms with Gasteiger partial charge in [0.1, 0.15) is 5.78 Å². The molecule has 0 aliphatic heterocycles. The van der Waals surface area contributed by atoms with Crippen molar-refractivity contribution in [1.82, 2.24) is 0 Å². The molecule has 3 heteroatoms. The molecule has 11 heavy (non-hydrogen) atoms. The van der Waals surface area contributed by atoms with Crippen LogP contribution in [0, 0.1) is 5.92 Å². The zero-order chi connectivity index (χ0) is 8.27. The van der Waals surface area contributed by atoms with Gasteiger partial charge >= 0.3 is 0 Å². The molecule has 1 fully saturated rings. The largest absolute Gasteiger partial charge is 0.550 e. The summed E-state index contributed by atoms with van der Waals surface area (Å²) >= 11 is 0. The standard InChI is InChI=1S/C8H12O3/c9-7-3-1-2-6(4-7)5-8(10)11/h6H,1-5H2,(H,10,11)/p-1/t6-/m0/s1. The number of carbonyl (C=O) groups excluding carboxylic acids is 2. The maximum absolute atomic E-state index is 10.8. The van der Waals surface area contributed by atoms with Gasteiger partial charge < -0.3 is 9.90 Å². The highest BCUT2D eigenvalue weighted by atomic mass is 16.4. The molecule has 1 rings (SSSR count). The first-order valence-corrected chi connectivity index (χ1v) is 3.90. The van der Waals surface area contributed by atoms with Crippen molar-refractivity contribution in [3.63, 3.8) is 0 Å². The first kappa shape index (κ1) is 8.24. The fourth-order valence-corrected chi connectivity index (χ4v) is 1.52. The highest BCUT2D eigenvalue weighted by Gasteiger charge is 2.18. The van der Waals surface area contributed by atoms with Crippen molar-refractivity contribution in [3.8, 4) is 0 Å². The van der Waals surface area contributed by atoms with Crippen molar-refractivity contribution in [2.24, 2.45) is 5.92 Å². The Balaban J connectivity index is 2.34. The van der Waals surface area contributed by atoms with Crippen molar-refractivity contribution in [3.05, 3.63) is 0 Å². The Morgan fingerprint density at radius 2 is 2.36 bits per heavy atom. The van der Waals surface area contributed by atoms with E-state index in [9.17, 15) is 14.7 Å². The highest BCUT2D eigenvalue weighted by Crippen LogP contribution is 2.23. The number of ketones is 1. The van der Waals surface area contributed by atoms with Crippen LogP contribution in [0.4, 0.5) is 0 Å². The van der Waals surface area contributed by atoms with Gasteiger partial charge in [0, 0.05) is 18.8 Å². The Hall–Kier alpha value is -0.860. The molecule has 0 aromatic carbocycles. The molecule has 0 N–H and O–H groups in total. The van der Waals surface area contributed by atoms with Gasteiger partial charge in [-0.25, -0.2) is 0 Å². The molecule has 62 valence electrons. The molecule has 0 aromatic rings. The molecule has 0 amide bonds. The number of rotatable bonds is 2. The summed E-state index contributed by atoms with van der Waals surface area (Å²) in [7, 11) is 0. The Morgan fingerprint density at radius 1 is 1.64 bits per heavy atom. The van der Waals surface area contributed by atoms with Gasteiger partial charge in [-0.3, -0.25) is 4.79 Å². The van der Waals surface area contributed by atoms with Crippen LogP contribution in [0.25, 0.3) is 0 Å². The van der Waals surface area contributed by atoms with Crippen LogP contribution in [0.3, 0.4) is 0 Å². The Bertz CT molecular complexity index is 172. The normalized spacial score (nSPS) is 25.1. The zero-order valence-electron chi connectivity index (χ0n) is 6.34. The SMILES string of the molecule is O=C([O-])C[C@H]1CCCC(=O)C1. The molecule has 0 unspecified atom stereocenters. The lowest BCUT2D eigenvalue weighted by Gasteiger charge is -2.20. The van der Waals surface area contributed by atoms with Crippen LogP contribution in [0.15, 0.2) is 0 Å². The van der Waals surface area contributed by atoms with Crippen LogP contribution >= 0.6 is 0 Å². The monoisotopic (exact) mass is 155 g/mol. The van der Waals surface area contributed by atoms with Crippen molar-refractivity contribution in [1.29, 1.82) is 0 Å². The molecule has 1 aliphatic rings. The minimum absolute atomic E-state index is 0.0428. The van der Waals surface area contributed by atoms with E-state index in [1.807, 2.05) is 0 Å². The van der Waals surface area contributed by atoms with E-state index >= 15 is 0 Å². The molecule has 1 atom stereocenters. The van der Waals surface area contributed by atoms with Gasteiger partial charge in [-0.05, 0) is 25.2 Å². The molecule has 0 heterocycles. The number of Topliss-reactive ketones (excluding diaryl/α,β-unsaturated/α-hetero) is 1. The molecule has 0 aromatic heterocycles. The Kier molecular flexibility index (Phi) is 2.63. The lowest BCUT2D eigenvalue weighted by molar-refractivity contribution is -0.306. The second-order valence-electron chi connectivity index (χ2n) is 3.08. The fourth-order valence-electron chi connectivity index (χ4n) is 1.52. The predicted octanol–water partition coefficient (Wildman–Crippen LogP) is -0.114. The van der Waals surface area contributed by atoms with Gasteiger partial charge in [-0.1, -0.05) is 0 Å². The summed E-state index contributed by atoms with van der Waals surface area (Å²) in [5.74, 6) is -0.798. The lowest BCUT2D eigenvalue weighted by atomic mass is 9.86. The predicted molar refractivity (Wildman–Crippen MR) is 36.6 cm³/mol. The number of aliphatic carboxylic acids is 1. The number of carboxylic acids is 1. The molecule has 0 saturated heterocycles. The summed E-state index contributed by atoms with van der Waals surface area (Å²) < 4.78 is 0. The minimum Gasteiger partial charge on any atom is -0.550 e. The highest BCUT2D eigenvalue weighted by molar-refractivity contribution is 5.80. The number of carboxylic acid groups (broad SMARTS) is 1. The summed E-state index contributed by atoms with van der Waals surface area (Å²) in [5, 5.41) is 10.2. The van der Waals surface area contributed by atoms with Crippen LogP contribution in [-0.4, -0.2) is 11.8 Å². The quantitative estimate of drug-likeness (QED) is 0.558. The molecular formula is C8H11O3-. The van der Waals surface area contributed by atoms with Gasteiger partial charge in [0.05, 0.1) is 0 Å². The maximum Gasteiger partial charge on any atom is 0.133 e. The van der Waals surface area contributed by atoms with Crippen molar-refractivity contribution < 1.29 is 14.7 Å². The van der Waals surface area contributed by atoms with Gasteiger partial charge in [0.15, 0.2) is 0 Å². The molecule has 3 nitrogen and oxygen atoms in total. The Morgan fingerprint density at radius 3 is 2.91 bits per heavy atom. The number of hydrogen-bond donors (Lipinski definition) is 0. The van der Waals surface area contributed by atoms with E-state index in [0.717, 1.165) is 12.8 Å². The lowest BCUT2D eigenvalue weighted by Crippen LogP contribution is -2.27. The second kappa shape index (κ2) is 3.51. The van der Waals surface area contributed by atoms with E-state index in [1.54, 1.807) is 0 Å². The Labute approximate surface area is 65.4 Å². The summed E-state index contributed by atoms with van der Waals surface area (Å²) in [5.41, 5.74) is 0. The average Bonchev–Trinajstić information content (AvgIpc) is 1.85. The molecule has 1 aliphatic carbocycles. The summed E-state index contributed by atoms with van der Waals surface area (Å²) in [6.07, 6.45) is 2.82. The van der Waals surface area contributed by atoms with Crippen LogP contribution in [0.1, 0.15) is 32.1 Å². The van der Waals surface area contributed by atoms with Crippen molar-refractivity contribution >= 4 is 11.8 Å². The molecule has 0 bridgehead atoms. The van der Waals surface area contributed by atoms with Crippen molar-refractivity contribution in [2.45, 2.75) is 32.1 Å². The second-order valence-corrected chi connectivity index (χ2v) is 3.08. The van der Waals surface area contributed by atoms with Crippen LogP contribution in [0.2, 0.25) is 0 Å². The maximum atomic E-state index is 10.8. The van der Waals surface area contributed by atoms with Gasteiger partial charge in [-0.2, -0.15) is 0 Å². The summed E-state index contributed by atoms with van der Waals surface area (Å²) in [6, 6.07) is 0. The van der Waals surface area contributed by atoms with Crippen LogP contribution in [0.5, 0.6) is 0 Å². The molecule has 1 saturated carbocycles. The van der Waals surface area contributed by atoms with Crippen molar-refractivity contribution in [2.75, 3.05) is 0 Å². The summed E-state index contributed by atoms with van der Waals surface area (Å²) in [6.45, 7) is 0. The number of carbonyl (C=O) groups is 2. The first-order chi connectivity index (χ1) is 5.18. The topological polar surface area (TPSA) is 57.2 Å². The third kappa shape index (κ3) is 2.70. The number of hydrogen-bond acceptors (Lipinski definition) is 3. The van der Waals surface area contributed by atoms with E-state index < -0.39 is 5.97 Å². The fraction of sp³-hybridized carbons (Fsp3) is 0.750. The van der Waals surface area contributed by atoms with E-state index in [2.05, 4.69) is 0 Å². The molecule has 0 spiro atoms. The molecule has 0 radical (unpaired) electrons. The third-order valence-electron chi connectivity index (χ3n) is 2.04. The van der Waals surface area contributed by atoms with Gasteiger partial charge in [0.25, 0.3) is 0 Å². The van der Waals surface area contributed by atoms with Crippen LogP contribution < -0.4 is 5.11 Å². The van der Waals surface area contributed by atoms with E-state index in [4.69, 9.17) is 0 Å². The van der Waals surface area contributed by atoms with Gasteiger partial charge in [0.2, 0.25) is 0 Å². The smallest absolute Gasteiger partial charge is 0.133 e. The summed E-state index contributed by atoms with van der Waals surface area (Å²) in [4.78, 5) is 21.0. The zero-order valence-corrected chi connectivity index (χ0v) is 6.34. The van der Waals surface area contributed by atoms with Gasteiger partial charge in [-0.15, -0.1) is 0 Å². The molecular weight excluding hydrogens is 144 g/mol. The van der Waals surface area contributed by atoms with E-state index in [-0.39, 0.29) is 18.1 Å².